The molecule has 0 spiro atoms. The molecule has 0 aliphatic heterocycles. The van der Waals surface area contributed by atoms with Crippen molar-refractivity contribution in [1.82, 2.24) is 0 Å². The van der Waals surface area contributed by atoms with Crippen LogP contribution in [0.2, 0.25) is 0 Å². The molecule has 0 saturated carbocycles. The van der Waals surface area contributed by atoms with E-state index in [1.807, 2.05) is 0 Å². The van der Waals surface area contributed by atoms with E-state index >= 15 is 0 Å². The van der Waals surface area contributed by atoms with Crippen LogP contribution in [0.25, 0.3) is 0 Å². The minimum absolute atomic E-state index is 0.120. The van der Waals surface area contributed by atoms with Crippen molar-refractivity contribution in [2.45, 2.75) is 46.6 Å². The molecule has 72 valence electrons. The highest BCUT2D eigenvalue weighted by Gasteiger charge is 2.14. The first-order valence-corrected chi connectivity index (χ1v) is 4.62. The van der Waals surface area contributed by atoms with E-state index in [1.54, 1.807) is 0 Å². The number of aliphatic hydroxyl groups is 1. The molecule has 0 aromatic heterocycles. The van der Waals surface area contributed by atoms with E-state index < -0.39 is 6.10 Å². The SMILES string of the molecule is CC(=O)C(O)CC(C)CC(C)C. The molecule has 0 bridgehead atoms. The maximum atomic E-state index is 10.7. The Morgan fingerprint density at radius 2 is 1.75 bits per heavy atom. The van der Waals surface area contributed by atoms with Crippen molar-refractivity contribution in [3.63, 3.8) is 0 Å². The smallest absolute Gasteiger partial charge is 0.158 e. The third kappa shape index (κ3) is 5.30. The Kier molecular flexibility index (Phi) is 5.14. The summed E-state index contributed by atoms with van der Waals surface area (Å²) in [5.74, 6) is 0.952. The number of ketones is 1. The van der Waals surface area contributed by atoms with E-state index in [0.717, 1.165) is 6.42 Å². The van der Waals surface area contributed by atoms with Crippen LogP contribution in [0, 0.1) is 11.8 Å². The van der Waals surface area contributed by atoms with Gasteiger partial charge in [0.05, 0.1) is 0 Å². The standard InChI is InChI=1S/C10H20O2/c1-7(2)5-8(3)6-10(12)9(4)11/h7-8,10,12H,5-6H2,1-4H3. The van der Waals surface area contributed by atoms with Crippen LogP contribution in [-0.4, -0.2) is 17.0 Å². The number of hydrogen-bond donors (Lipinski definition) is 1. The third-order valence-electron chi connectivity index (χ3n) is 1.97. The van der Waals surface area contributed by atoms with Crippen LogP contribution >= 0.6 is 0 Å². The van der Waals surface area contributed by atoms with Gasteiger partial charge in [0.15, 0.2) is 5.78 Å². The van der Waals surface area contributed by atoms with Crippen LogP contribution in [0.5, 0.6) is 0 Å². The topological polar surface area (TPSA) is 37.3 Å². The average Bonchev–Trinajstić information content (AvgIpc) is 1.84. The summed E-state index contributed by atoms with van der Waals surface area (Å²) in [6.07, 6.45) is 0.927. The molecule has 0 radical (unpaired) electrons. The van der Waals surface area contributed by atoms with Gasteiger partial charge in [-0.05, 0) is 31.6 Å². The van der Waals surface area contributed by atoms with Crippen molar-refractivity contribution in [1.29, 1.82) is 0 Å². The lowest BCUT2D eigenvalue weighted by Crippen LogP contribution is -2.20. The van der Waals surface area contributed by atoms with Crippen molar-refractivity contribution in [2.24, 2.45) is 11.8 Å². The van der Waals surface area contributed by atoms with Crippen molar-refractivity contribution in [3.8, 4) is 0 Å². The van der Waals surface area contributed by atoms with Gasteiger partial charge in [0, 0.05) is 0 Å². The molecule has 0 fully saturated rings. The summed E-state index contributed by atoms with van der Waals surface area (Å²) >= 11 is 0. The minimum Gasteiger partial charge on any atom is -0.385 e. The van der Waals surface area contributed by atoms with E-state index in [1.165, 1.54) is 6.92 Å². The molecular formula is C10H20O2. The first-order valence-electron chi connectivity index (χ1n) is 4.62. The predicted molar refractivity (Wildman–Crippen MR) is 49.9 cm³/mol. The zero-order valence-corrected chi connectivity index (χ0v) is 8.50. The van der Waals surface area contributed by atoms with Crippen LogP contribution in [0.15, 0.2) is 0 Å². The molecule has 2 heteroatoms. The highest BCUT2D eigenvalue weighted by atomic mass is 16.3. The highest BCUT2D eigenvalue weighted by Crippen LogP contribution is 2.16. The van der Waals surface area contributed by atoms with E-state index in [2.05, 4.69) is 20.8 Å². The molecule has 0 aliphatic rings. The number of hydrogen-bond acceptors (Lipinski definition) is 2. The van der Waals surface area contributed by atoms with Crippen molar-refractivity contribution >= 4 is 5.78 Å². The van der Waals surface area contributed by atoms with Crippen LogP contribution in [0.4, 0.5) is 0 Å². The van der Waals surface area contributed by atoms with Gasteiger partial charge in [-0.25, -0.2) is 0 Å². The first kappa shape index (κ1) is 11.6. The zero-order chi connectivity index (χ0) is 9.72. The lowest BCUT2D eigenvalue weighted by molar-refractivity contribution is -0.125. The summed E-state index contributed by atoms with van der Waals surface area (Å²) in [4.78, 5) is 10.7. The number of carbonyl (C=O) groups excluding carboxylic acids is 1. The fraction of sp³-hybridized carbons (Fsp3) is 0.900. The highest BCUT2D eigenvalue weighted by molar-refractivity contribution is 5.80. The fourth-order valence-electron chi connectivity index (χ4n) is 1.45. The van der Waals surface area contributed by atoms with Gasteiger partial charge in [-0.2, -0.15) is 0 Å². The predicted octanol–water partition coefficient (Wildman–Crippen LogP) is 2.01. The van der Waals surface area contributed by atoms with Crippen LogP contribution < -0.4 is 0 Å². The lowest BCUT2D eigenvalue weighted by Gasteiger charge is -2.15. The van der Waals surface area contributed by atoms with E-state index in [9.17, 15) is 9.90 Å². The maximum Gasteiger partial charge on any atom is 0.158 e. The number of carbonyl (C=O) groups is 1. The molecule has 2 nitrogen and oxygen atoms in total. The Morgan fingerprint density at radius 1 is 1.25 bits per heavy atom. The molecule has 1 N–H and O–H groups in total. The van der Waals surface area contributed by atoms with E-state index in [4.69, 9.17) is 0 Å². The second-order valence-corrected chi connectivity index (χ2v) is 4.10. The quantitative estimate of drug-likeness (QED) is 0.688. The molecule has 0 rings (SSSR count). The fourth-order valence-corrected chi connectivity index (χ4v) is 1.45. The Labute approximate surface area is 75.0 Å². The zero-order valence-electron chi connectivity index (χ0n) is 8.50. The summed E-state index contributed by atoms with van der Waals surface area (Å²) < 4.78 is 0. The third-order valence-corrected chi connectivity index (χ3v) is 1.97. The summed E-state index contributed by atoms with van der Waals surface area (Å²) in [5, 5.41) is 9.26. The molecule has 2 unspecified atom stereocenters. The molecule has 12 heavy (non-hydrogen) atoms. The van der Waals surface area contributed by atoms with Gasteiger partial charge >= 0.3 is 0 Å². The van der Waals surface area contributed by atoms with Gasteiger partial charge in [-0.1, -0.05) is 20.8 Å². The molecule has 0 aliphatic carbocycles. The molecule has 0 saturated heterocycles. The van der Waals surface area contributed by atoms with Crippen LogP contribution in [0.3, 0.4) is 0 Å². The molecular weight excluding hydrogens is 152 g/mol. The number of rotatable bonds is 5. The second kappa shape index (κ2) is 5.31. The van der Waals surface area contributed by atoms with Crippen molar-refractivity contribution in [3.05, 3.63) is 0 Å². The molecule has 0 aromatic rings. The molecule has 0 heterocycles. The average molecular weight is 172 g/mol. The normalized spacial score (nSPS) is 16.2. The first-order chi connectivity index (χ1) is 5.43. The molecule has 2 atom stereocenters. The maximum absolute atomic E-state index is 10.7. The Balaban J connectivity index is 3.68. The van der Waals surface area contributed by atoms with Gasteiger partial charge in [0.1, 0.15) is 6.10 Å². The van der Waals surface area contributed by atoms with Gasteiger partial charge in [-0.15, -0.1) is 0 Å². The van der Waals surface area contributed by atoms with Crippen molar-refractivity contribution in [2.75, 3.05) is 0 Å². The number of Topliss-reactive ketones (excluding diaryl/α,β-unsaturated/α-hetero) is 1. The summed E-state index contributed by atoms with van der Waals surface area (Å²) in [6, 6.07) is 0. The Hall–Kier alpha value is -0.370. The van der Waals surface area contributed by atoms with Crippen molar-refractivity contribution < 1.29 is 9.90 Å². The van der Waals surface area contributed by atoms with Gasteiger partial charge in [0.25, 0.3) is 0 Å². The van der Waals surface area contributed by atoms with Gasteiger partial charge in [0.2, 0.25) is 0 Å². The summed E-state index contributed by atoms with van der Waals surface area (Å²) in [5.41, 5.74) is 0. The van der Waals surface area contributed by atoms with Crippen LogP contribution in [0.1, 0.15) is 40.5 Å². The largest absolute Gasteiger partial charge is 0.385 e. The van der Waals surface area contributed by atoms with Gasteiger partial charge < -0.3 is 5.11 Å². The second-order valence-electron chi connectivity index (χ2n) is 4.10. The molecule has 0 aromatic carbocycles. The van der Waals surface area contributed by atoms with Gasteiger partial charge in [-0.3, -0.25) is 4.79 Å². The Bertz CT molecular complexity index is 141. The monoisotopic (exact) mass is 172 g/mol. The number of aliphatic hydroxyl groups excluding tert-OH is 1. The van der Waals surface area contributed by atoms with E-state index in [-0.39, 0.29) is 5.78 Å². The van der Waals surface area contributed by atoms with E-state index in [0.29, 0.717) is 18.3 Å². The minimum atomic E-state index is -0.751. The van der Waals surface area contributed by atoms with Crippen LogP contribution in [-0.2, 0) is 4.79 Å². The summed E-state index contributed by atoms with van der Waals surface area (Å²) in [7, 11) is 0. The summed E-state index contributed by atoms with van der Waals surface area (Å²) in [6.45, 7) is 7.81. The lowest BCUT2D eigenvalue weighted by atomic mass is 9.93. The molecule has 0 amide bonds. The Morgan fingerprint density at radius 3 is 2.08 bits per heavy atom.